The fourth-order valence-electron chi connectivity index (χ4n) is 2.83. The lowest BCUT2D eigenvalue weighted by Gasteiger charge is -2.19. The molecule has 5 nitrogen and oxygen atoms in total. The van der Waals surface area contributed by atoms with Gasteiger partial charge in [-0.25, -0.2) is 0 Å². The van der Waals surface area contributed by atoms with E-state index in [9.17, 15) is 9.90 Å². The smallest absolute Gasteiger partial charge is 0.269 e. The predicted octanol–water partition coefficient (Wildman–Crippen LogP) is 1.92. The van der Waals surface area contributed by atoms with Crippen molar-refractivity contribution in [2.75, 3.05) is 6.61 Å². The molecular formula is C15H25N3O2. The van der Waals surface area contributed by atoms with E-state index in [4.69, 9.17) is 0 Å². The molecule has 1 saturated carbocycles. The van der Waals surface area contributed by atoms with Crippen LogP contribution in [0.5, 0.6) is 0 Å². The van der Waals surface area contributed by atoms with Crippen molar-refractivity contribution in [2.24, 2.45) is 5.92 Å². The predicted molar refractivity (Wildman–Crippen MR) is 77.7 cm³/mol. The summed E-state index contributed by atoms with van der Waals surface area (Å²) in [6.07, 6.45) is 3.01. The van der Waals surface area contributed by atoms with Gasteiger partial charge in [-0.2, -0.15) is 5.10 Å². The summed E-state index contributed by atoms with van der Waals surface area (Å²) in [4.78, 5) is 12.4. The molecule has 0 aliphatic heterocycles. The molecule has 0 aromatic carbocycles. The van der Waals surface area contributed by atoms with Gasteiger partial charge in [-0.1, -0.05) is 20.3 Å². The van der Waals surface area contributed by atoms with Crippen molar-refractivity contribution in [2.45, 2.75) is 58.5 Å². The summed E-state index contributed by atoms with van der Waals surface area (Å²) in [5.74, 6) is 0.434. The molecule has 1 aromatic rings. The van der Waals surface area contributed by atoms with Gasteiger partial charge in [0, 0.05) is 25.1 Å². The minimum Gasteiger partial charge on any atom is -0.396 e. The molecule has 0 radical (unpaired) electrons. The molecule has 0 saturated heterocycles. The van der Waals surface area contributed by atoms with Crippen LogP contribution < -0.4 is 5.32 Å². The lowest BCUT2D eigenvalue weighted by atomic mass is 10.0. The number of carbonyl (C=O) groups excluding carboxylic acids is 1. The zero-order valence-corrected chi connectivity index (χ0v) is 12.6. The number of hydrogen-bond donors (Lipinski definition) is 2. The van der Waals surface area contributed by atoms with Crippen LogP contribution in [-0.4, -0.2) is 33.4 Å². The van der Waals surface area contributed by atoms with E-state index in [0.29, 0.717) is 18.2 Å². The van der Waals surface area contributed by atoms with Gasteiger partial charge in [-0.05, 0) is 31.7 Å². The number of carbonyl (C=O) groups is 1. The number of aliphatic hydroxyl groups is 1. The number of nitrogens with one attached hydrogen (secondary N) is 1. The standard InChI is InChI=1S/C15H25N3O2/c1-4-18-14(8-13(17-18)10(2)3)15(20)16-12-7-5-6-11(12)9-19/h8,10-12,19H,4-7,9H2,1-3H3,(H,16,20). The minimum atomic E-state index is -0.0726. The summed E-state index contributed by atoms with van der Waals surface area (Å²) in [7, 11) is 0. The molecule has 1 aliphatic carbocycles. The third-order valence-corrected chi connectivity index (χ3v) is 4.13. The normalized spacial score (nSPS) is 22.4. The largest absolute Gasteiger partial charge is 0.396 e. The first kappa shape index (κ1) is 15.0. The van der Waals surface area contributed by atoms with Crippen LogP contribution >= 0.6 is 0 Å². The van der Waals surface area contributed by atoms with Gasteiger partial charge in [-0.3, -0.25) is 9.48 Å². The van der Waals surface area contributed by atoms with E-state index >= 15 is 0 Å². The number of aromatic nitrogens is 2. The van der Waals surface area contributed by atoms with Crippen LogP contribution in [0.4, 0.5) is 0 Å². The molecule has 1 aliphatic rings. The first-order chi connectivity index (χ1) is 9.56. The van der Waals surface area contributed by atoms with Gasteiger partial charge in [0.15, 0.2) is 0 Å². The van der Waals surface area contributed by atoms with Crippen molar-refractivity contribution in [1.29, 1.82) is 0 Å². The molecule has 1 fully saturated rings. The molecule has 1 aromatic heterocycles. The van der Waals surface area contributed by atoms with Crippen LogP contribution in [-0.2, 0) is 6.54 Å². The second-order valence-corrected chi connectivity index (χ2v) is 5.88. The fourth-order valence-corrected chi connectivity index (χ4v) is 2.83. The minimum absolute atomic E-state index is 0.0726. The van der Waals surface area contributed by atoms with Crippen molar-refractivity contribution < 1.29 is 9.90 Å². The fraction of sp³-hybridized carbons (Fsp3) is 0.733. The highest BCUT2D eigenvalue weighted by atomic mass is 16.3. The van der Waals surface area contributed by atoms with E-state index in [0.717, 1.165) is 25.0 Å². The van der Waals surface area contributed by atoms with Crippen molar-refractivity contribution in [1.82, 2.24) is 15.1 Å². The Bertz CT molecular complexity index is 468. The van der Waals surface area contributed by atoms with Crippen molar-refractivity contribution in [3.63, 3.8) is 0 Å². The van der Waals surface area contributed by atoms with Gasteiger partial charge < -0.3 is 10.4 Å². The molecule has 112 valence electrons. The Labute approximate surface area is 120 Å². The lowest BCUT2D eigenvalue weighted by Crippen LogP contribution is -2.39. The maximum absolute atomic E-state index is 12.4. The quantitative estimate of drug-likeness (QED) is 0.865. The van der Waals surface area contributed by atoms with Crippen molar-refractivity contribution in [3.05, 3.63) is 17.5 Å². The average Bonchev–Trinajstić information content (AvgIpc) is 3.04. The Balaban J connectivity index is 2.12. The first-order valence-electron chi connectivity index (χ1n) is 7.56. The Morgan fingerprint density at radius 3 is 2.90 bits per heavy atom. The molecule has 2 atom stereocenters. The molecule has 1 heterocycles. The van der Waals surface area contributed by atoms with E-state index in [1.807, 2.05) is 13.0 Å². The monoisotopic (exact) mass is 279 g/mol. The molecule has 0 bridgehead atoms. The van der Waals surface area contributed by atoms with Gasteiger partial charge in [-0.15, -0.1) is 0 Å². The third-order valence-electron chi connectivity index (χ3n) is 4.13. The number of hydrogen-bond acceptors (Lipinski definition) is 3. The highest BCUT2D eigenvalue weighted by molar-refractivity contribution is 5.93. The lowest BCUT2D eigenvalue weighted by molar-refractivity contribution is 0.0905. The topological polar surface area (TPSA) is 67.2 Å². The van der Waals surface area contributed by atoms with Crippen LogP contribution in [0.2, 0.25) is 0 Å². The van der Waals surface area contributed by atoms with Gasteiger partial charge in [0.1, 0.15) is 5.69 Å². The van der Waals surface area contributed by atoms with E-state index < -0.39 is 0 Å². The van der Waals surface area contributed by atoms with E-state index in [1.54, 1.807) is 4.68 Å². The van der Waals surface area contributed by atoms with Gasteiger partial charge in [0.05, 0.1) is 5.69 Å². The summed E-state index contributed by atoms with van der Waals surface area (Å²) < 4.78 is 1.76. The molecular weight excluding hydrogens is 254 g/mol. The number of aryl methyl sites for hydroxylation is 1. The Kier molecular flexibility index (Phi) is 4.81. The SMILES string of the molecule is CCn1nc(C(C)C)cc1C(=O)NC1CCCC1CO. The molecule has 1 amide bonds. The van der Waals surface area contributed by atoms with Crippen LogP contribution in [0.3, 0.4) is 0 Å². The molecule has 2 N–H and O–H groups in total. The van der Waals surface area contributed by atoms with Gasteiger partial charge in [0.25, 0.3) is 5.91 Å². The summed E-state index contributed by atoms with van der Waals surface area (Å²) >= 11 is 0. The summed E-state index contributed by atoms with van der Waals surface area (Å²) in [6.45, 7) is 6.96. The van der Waals surface area contributed by atoms with Crippen LogP contribution in [0.15, 0.2) is 6.07 Å². The molecule has 2 unspecified atom stereocenters. The second-order valence-electron chi connectivity index (χ2n) is 5.88. The highest BCUT2D eigenvalue weighted by Crippen LogP contribution is 2.25. The Morgan fingerprint density at radius 2 is 2.30 bits per heavy atom. The molecule has 0 spiro atoms. The van der Waals surface area contributed by atoms with Crippen molar-refractivity contribution >= 4 is 5.91 Å². The zero-order valence-electron chi connectivity index (χ0n) is 12.6. The second kappa shape index (κ2) is 6.39. The van der Waals surface area contributed by atoms with E-state index in [-0.39, 0.29) is 24.5 Å². The Hall–Kier alpha value is -1.36. The van der Waals surface area contributed by atoms with E-state index in [2.05, 4.69) is 24.3 Å². The van der Waals surface area contributed by atoms with Crippen molar-refractivity contribution in [3.8, 4) is 0 Å². The van der Waals surface area contributed by atoms with Crippen LogP contribution in [0, 0.1) is 5.92 Å². The Morgan fingerprint density at radius 1 is 1.55 bits per heavy atom. The molecule has 5 heteroatoms. The summed E-state index contributed by atoms with van der Waals surface area (Å²) in [5.41, 5.74) is 1.57. The number of aliphatic hydroxyl groups excluding tert-OH is 1. The van der Waals surface area contributed by atoms with E-state index in [1.165, 1.54) is 0 Å². The maximum atomic E-state index is 12.4. The highest BCUT2D eigenvalue weighted by Gasteiger charge is 2.29. The summed E-state index contributed by atoms with van der Waals surface area (Å²) in [6, 6.07) is 1.97. The number of rotatable bonds is 5. The first-order valence-corrected chi connectivity index (χ1v) is 7.56. The van der Waals surface area contributed by atoms with Crippen LogP contribution in [0.1, 0.15) is 62.1 Å². The van der Waals surface area contributed by atoms with Gasteiger partial charge in [0.2, 0.25) is 0 Å². The zero-order chi connectivity index (χ0) is 14.7. The number of nitrogens with zero attached hydrogens (tertiary/aromatic N) is 2. The van der Waals surface area contributed by atoms with Gasteiger partial charge >= 0.3 is 0 Å². The third kappa shape index (κ3) is 3.03. The number of amides is 1. The average molecular weight is 279 g/mol. The van der Waals surface area contributed by atoms with Crippen LogP contribution in [0.25, 0.3) is 0 Å². The summed E-state index contributed by atoms with van der Waals surface area (Å²) in [5, 5.41) is 16.9. The molecule has 2 rings (SSSR count). The molecule has 20 heavy (non-hydrogen) atoms. The maximum Gasteiger partial charge on any atom is 0.269 e.